The van der Waals surface area contributed by atoms with Crippen molar-refractivity contribution in [2.75, 3.05) is 25.5 Å². The monoisotopic (exact) mass is 399 g/mol. The van der Waals surface area contributed by atoms with E-state index in [1.54, 1.807) is 11.2 Å². The van der Waals surface area contributed by atoms with Gasteiger partial charge in [-0.1, -0.05) is 19.3 Å². The van der Waals surface area contributed by atoms with Gasteiger partial charge in [0.1, 0.15) is 22.1 Å². The minimum atomic E-state index is -0.0561. The van der Waals surface area contributed by atoms with Crippen molar-refractivity contribution in [2.45, 2.75) is 39.0 Å². The number of amides is 1. The lowest BCUT2D eigenvalue weighted by Crippen LogP contribution is -2.47. The lowest BCUT2D eigenvalue weighted by atomic mass is 10.2. The van der Waals surface area contributed by atoms with Gasteiger partial charge in [-0.25, -0.2) is 9.98 Å². The van der Waals surface area contributed by atoms with E-state index in [1.807, 2.05) is 32.0 Å². The van der Waals surface area contributed by atoms with Crippen LogP contribution in [0, 0.1) is 5.92 Å². The molecule has 0 spiro atoms. The first kappa shape index (κ1) is 18.9. The number of carbonyl (C=O) groups excluding carboxylic acids is 2. The molecule has 0 atom stereocenters. The zero-order valence-electron chi connectivity index (χ0n) is 16.5. The van der Waals surface area contributed by atoms with Crippen LogP contribution in [0.4, 0.5) is 11.4 Å². The van der Waals surface area contributed by atoms with Crippen LogP contribution in [-0.4, -0.2) is 48.2 Å². The van der Waals surface area contributed by atoms with E-state index in [4.69, 9.17) is 0 Å². The number of amidine groups is 1. The molecule has 0 bridgehead atoms. The largest absolute Gasteiger partial charge is 0.377 e. The summed E-state index contributed by atoms with van der Waals surface area (Å²) in [5, 5.41) is 2.45. The number of Topliss-reactive ketones (excluding diaryl/α,β-unsaturated/α-hetero) is 1. The molecule has 2 aromatic heterocycles. The van der Waals surface area contributed by atoms with Crippen LogP contribution in [0.25, 0.3) is 10.2 Å². The van der Waals surface area contributed by atoms with Crippen molar-refractivity contribution in [2.24, 2.45) is 10.9 Å². The Morgan fingerprint density at radius 3 is 2.61 bits per heavy atom. The van der Waals surface area contributed by atoms with Gasteiger partial charge < -0.3 is 4.90 Å². The van der Waals surface area contributed by atoms with Crippen molar-refractivity contribution >= 4 is 50.5 Å². The third-order valence-corrected chi connectivity index (χ3v) is 5.92. The molecular weight excluding hydrogens is 374 g/mol. The Morgan fingerprint density at radius 1 is 1.29 bits per heavy atom. The highest BCUT2D eigenvalue weighted by molar-refractivity contribution is 7.21. The molecule has 0 radical (unpaired) electrons. The van der Waals surface area contributed by atoms with Crippen LogP contribution in [0.1, 0.15) is 48.7 Å². The Bertz CT molecular complexity index is 956. The van der Waals surface area contributed by atoms with Gasteiger partial charge in [0.05, 0.1) is 16.8 Å². The Balaban J connectivity index is 0.000000586. The highest BCUT2D eigenvalue weighted by Gasteiger charge is 2.33. The molecule has 5 rings (SSSR count). The average Bonchev–Trinajstić information content (AvgIpc) is 3.55. The van der Waals surface area contributed by atoms with Gasteiger partial charge in [-0.05, 0) is 25.8 Å². The highest BCUT2D eigenvalue weighted by Crippen LogP contribution is 2.43. The smallest absolute Gasteiger partial charge is 0.241 e. The quantitative estimate of drug-likeness (QED) is 0.854. The standard InChI is InChI=1S/C17H19N5O2S.C3H6/c1-9-19-14-13-11(21(2)3)6-7-18-17(13)25-15(14)12(23)8-22(9)20-16(24)10-4-5-10;1-2-3-1/h6-7,10H,4-5,8H2,1-3H3,(H,20,24);1-3H2. The second-order valence-corrected chi connectivity index (χ2v) is 8.66. The van der Waals surface area contributed by atoms with Gasteiger partial charge in [0.15, 0.2) is 5.78 Å². The fourth-order valence-electron chi connectivity index (χ4n) is 2.90. The van der Waals surface area contributed by atoms with E-state index in [2.05, 4.69) is 15.4 Å². The molecule has 1 amide bonds. The summed E-state index contributed by atoms with van der Waals surface area (Å²) in [6.45, 7) is 1.90. The second-order valence-electron chi connectivity index (χ2n) is 7.66. The number of thiophene rings is 1. The normalized spacial score (nSPS) is 17.9. The zero-order valence-corrected chi connectivity index (χ0v) is 17.3. The molecule has 2 aromatic rings. The number of nitrogens with one attached hydrogen (secondary N) is 1. The molecule has 0 saturated heterocycles. The lowest BCUT2D eigenvalue weighted by Gasteiger charge is -2.22. The van der Waals surface area contributed by atoms with Crippen LogP contribution in [0.3, 0.4) is 0 Å². The fourth-order valence-corrected chi connectivity index (χ4v) is 3.94. The van der Waals surface area contributed by atoms with E-state index in [0.29, 0.717) is 16.4 Å². The number of pyridine rings is 1. The van der Waals surface area contributed by atoms with E-state index in [1.165, 1.54) is 30.6 Å². The molecule has 148 valence electrons. The number of carbonyl (C=O) groups is 2. The van der Waals surface area contributed by atoms with Crippen molar-refractivity contribution in [3.05, 3.63) is 17.1 Å². The van der Waals surface area contributed by atoms with Gasteiger partial charge in [0.25, 0.3) is 0 Å². The molecular formula is C20H25N5O2S. The van der Waals surface area contributed by atoms with E-state index in [0.717, 1.165) is 28.7 Å². The molecule has 8 heteroatoms. The SMILES string of the molecule is C1CC1.CC1=Nc2c(sc3nccc(N(C)C)c23)C(=O)CN1NC(=O)C1CC1. The van der Waals surface area contributed by atoms with E-state index < -0.39 is 0 Å². The topological polar surface area (TPSA) is 77.9 Å². The molecule has 7 nitrogen and oxygen atoms in total. The predicted molar refractivity (Wildman–Crippen MR) is 112 cm³/mol. The summed E-state index contributed by atoms with van der Waals surface area (Å²) >= 11 is 1.36. The molecule has 28 heavy (non-hydrogen) atoms. The average molecular weight is 400 g/mol. The van der Waals surface area contributed by atoms with Crippen molar-refractivity contribution in [1.82, 2.24) is 15.4 Å². The summed E-state index contributed by atoms with van der Waals surface area (Å²) in [7, 11) is 3.91. The molecule has 1 aliphatic heterocycles. The minimum absolute atomic E-state index is 0.0342. The van der Waals surface area contributed by atoms with Gasteiger partial charge in [-0.2, -0.15) is 0 Å². The van der Waals surface area contributed by atoms with E-state index in [9.17, 15) is 9.59 Å². The minimum Gasteiger partial charge on any atom is -0.377 e. The van der Waals surface area contributed by atoms with Gasteiger partial charge >= 0.3 is 0 Å². The molecule has 3 aliphatic rings. The van der Waals surface area contributed by atoms with E-state index >= 15 is 0 Å². The number of rotatable bonds is 3. The Hall–Kier alpha value is -2.48. The lowest BCUT2D eigenvalue weighted by molar-refractivity contribution is -0.125. The van der Waals surface area contributed by atoms with Crippen molar-refractivity contribution in [3.63, 3.8) is 0 Å². The van der Waals surface area contributed by atoms with Crippen LogP contribution >= 0.6 is 11.3 Å². The maximum Gasteiger partial charge on any atom is 0.241 e. The summed E-state index contributed by atoms with van der Waals surface area (Å²) < 4.78 is 0. The van der Waals surface area contributed by atoms with Crippen molar-refractivity contribution < 1.29 is 9.59 Å². The van der Waals surface area contributed by atoms with Crippen LogP contribution in [0.2, 0.25) is 0 Å². The van der Waals surface area contributed by atoms with Crippen LogP contribution in [0.5, 0.6) is 0 Å². The van der Waals surface area contributed by atoms with Crippen molar-refractivity contribution in [1.29, 1.82) is 0 Å². The fraction of sp³-hybridized carbons (Fsp3) is 0.500. The van der Waals surface area contributed by atoms with Crippen molar-refractivity contribution in [3.8, 4) is 0 Å². The second kappa shape index (κ2) is 7.50. The molecule has 3 heterocycles. The Morgan fingerprint density at radius 2 is 2.00 bits per heavy atom. The summed E-state index contributed by atoms with van der Waals surface area (Å²) in [6, 6.07) is 1.92. The number of anilines is 1. The molecule has 0 aromatic carbocycles. The first-order valence-electron chi connectivity index (χ1n) is 9.71. The maximum absolute atomic E-state index is 12.8. The molecule has 2 saturated carbocycles. The number of fused-ring (bicyclic) bond motifs is 3. The van der Waals surface area contributed by atoms with Gasteiger partial charge in [0.2, 0.25) is 5.91 Å². The predicted octanol–water partition coefficient (Wildman–Crippen LogP) is 3.52. The van der Waals surface area contributed by atoms with Crippen LogP contribution < -0.4 is 10.3 Å². The van der Waals surface area contributed by atoms with Gasteiger partial charge in [-0.15, -0.1) is 11.3 Å². The number of aliphatic imine (C=N–C) groups is 1. The Kier molecular flexibility index (Phi) is 5.05. The summed E-state index contributed by atoms with van der Waals surface area (Å²) in [5.41, 5.74) is 4.46. The molecule has 1 N–H and O–H groups in total. The zero-order chi connectivity index (χ0) is 19.8. The Labute approximate surface area is 168 Å². The number of hydrogen-bond acceptors (Lipinski definition) is 7. The molecule has 0 unspecified atom stereocenters. The van der Waals surface area contributed by atoms with Gasteiger partial charge in [-0.3, -0.25) is 20.0 Å². The number of hydrogen-bond donors (Lipinski definition) is 1. The summed E-state index contributed by atoms with van der Waals surface area (Å²) in [5.74, 6) is 0.590. The van der Waals surface area contributed by atoms with Crippen LogP contribution in [0.15, 0.2) is 17.3 Å². The summed E-state index contributed by atoms with van der Waals surface area (Å²) in [4.78, 5) is 37.3. The first-order valence-corrected chi connectivity index (χ1v) is 10.5. The third-order valence-electron chi connectivity index (χ3n) is 4.79. The number of aromatic nitrogens is 1. The van der Waals surface area contributed by atoms with E-state index in [-0.39, 0.29) is 24.2 Å². The summed E-state index contributed by atoms with van der Waals surface area (Å²) in [6.07, 6.45) is 8.08. The third kappa shape index (κ3) is 3.87. The first-order chi connectivity index (χ1) is 13.5. The maximum atomic E-state index is 12.8. The molecule has 2 fully saturated rings. The number of ketones is 1. The highest BCUT2D eigenvalue weighted by atomic mass is 32.1. The molecule has 2 aliphatic carbocycles. The van der Waals surface area contributed by atoms with Gasteiger partial charge in [0, 0.05) is 26.2 Å². The number of hydrazine groups is 1. The van der Waals surface area contributed by atoms with Crippen LogP contribution in [-0.2, 0) is 4.79 Å². The number of nitrogens with zero attached hydrogens (tertiary/aromatic N) is 4.